The predicted octanol–water partition coefficient (Wildman–Crippen LogP) is 1.68. The third kappa shape index (κ3) is 8.61. The number of benzene rings is 2. The maximum absolute atomic E-state index is 11.9. The Morgan fingerprint density at radius 3 is 2.11 bits per heavy atom. The number of para-hydroxylation sites is 1. The largest absolute Gasteiger partial charge is 0.473 e. The molecule has 0 bridgehead atoms. The van der Waals surface area contributed by atoms with Crippen molar-refractivity contribution in [3.63, 3.8) is 0 Å². The Morgan fingerprint density at radius 2 is 1.52 bits per heavy atom. The van der Waals surface area contributed by atoms with E-state index in [0.29, 0.717) is 13.2 Å². The molecule has 8 heteroatoms. The average molecular weight is 374 g/mol. The van der Waals surface area contributed by atoms with Gasteiger partial charge in [0, 0.05) is 24.9 Å². The van der Waals surface area contributed by atoms with Gasteiger partial charge >= 0.3 is 11.9 Å². The number of nitrogens with one attached hydrogen (secondary N) is 2. The summed E-state index contributed by atoms with van der Waals surface area (Å²) in [7, 11) is 1.64. The van der Waals surface area contributed by atoms with Crippen molar-refractivity contribution in [3.05, 3.63) is 54.6 Å². The molecular weight excluding hydrogens is 352 g/mol. The van der Waals surface area contributed by atoms with E-state index in [-0.39, 0.29) is 12.5 Å². The van der Waals surface area contributed by atoms with Crippen LogP contribution in [0.2, 0.25) is 0 Å². The van der Waals surface area contributed by atoms with Crippen LogP contribution in [0.5, 0.6) is 0 Å². The molecule has 144 valence electrons. The molecule has 0 aliphatic heterocycles. The minimum absolute atomic E-state index is 0.0607. The first-order valence-electron chi connectivity index (χ1n) is 8.06. The van der Waals surface area contributed by atoms with Crippen LogP contribution in [0.4, 0.5) is 5.69 Å². The minimum Gasteiger partial charge on any atom is -0.473 e. The number of hydrogen-bond donors (Lipinski definition) is 4. The van der Waals surface area contributed by atoms with E-state index in [4.69, 9.17) is 24.5 Å². The predicted molar refractivity (Wildman–Crippen MR) is 101 cm³/mol. The highest BCUT2D eigenvalue weighted by atomic mass is 16.5. The number of amides is 1. The van der Waals surface area contributed by atoms with Crippen molar-refractivity contribution < 1.29 is 29.3 Å². The number of methoxy groups -OCH3 is 1. The number of rotatable bonds is 7. The molecule has 0 heterocycles. The van der Waals surface area contributed by atoms with Gasteiger partial charge in [0.25, 0.3) is 0 Å². The number of carbonyl (C=O) groups is 3. The van der Waals surface area contributed by atoms with Crippen molar-refractivity contribution in [2.24, 2.45) is 0 Å². The Labute approximate surface area is 156 Å². The van der Waals surface area contributed by atoms with E-state index in [0.717, 1.165) is 16.8 Å². The summed E-state index contributed by atoms with van der Waals surface area (Å²) < 4.78 is 4.92. The summed E-state index contributed by atoms with van der Waals surface area (Å²) in [6.45, 7) is 1.52. The van der Waals surface area contributed by atoms with Gasteiger partial charge < -0.3 is 25.6 Å². The third-order valence-electron chi connectivity index (χ3n) is 3.24. The average Bonchev–Trinajstić information content (AvgIpc) is 2.67. The zero-order chi connectivity index (χ0) is 20.1. The Morgan fingerprint density at radius 1 is 0.926 bits per heavy atom. The quantitative estimate of drug-likeness (QED) is 0.429. The van der Waals surface area contributed by atoms with Crippen LogP contribution in [0.25, 0.3) is 11.1 Å². The summed E-state index contributed by atoms with van der Waals surface area (Å²) in [5.74, 6) is -3.71. The maximum Gasteiger partial charge on any atom is 0.414 e. The summed E-state index contributed by atoms with van der Waals surface area (Å²) in [4.78, 5) is 30.1. The van der Waals surface area contributed by atoms with Crippen molar-refractivity contribution in [3.8, 4) is 11.1 Å². The lowest BCUT2D eigenvalue weighted by atomic mass is 10.0. The van der Waals surface area contributed by atoms with E-state index < -0.39 is 11.9 Å². The fraction of sp³-hybridized carbons (Fsp3) is 0.211. The molecular formula is C19H22N2O6. The topological polar surface area (TPSA) is 125 Å². The van der Waals surface area contributed by atoms with Crippen LogP contribution in [0.3, 0.4) is 0 Å². The van der Waals surface area contributed by atoms with Gasteiger partial charge in [0.1, 0.15) is 0 Å². The molecule has 2 aromatic rings. The second-order valence-electron chi connectivity index (χ2n) is 5.24. The van der Waals surface area contributed by atoms with Crippen LogP contribution >= 0.6 is 0 Å². The highest BCUT2D eigenvalue weighted by Gasteiger charge is 2.07. The van der Waals surface area contributed by atoms with E-state index in [2.05, 4.69) is 10.6 Å². The summed E-state index contributed by atoms with van der Waals surface area (Å²) in [5, 5.41) is 20.8. The van der Waals surface area contributed by atoms with E-state index in [1.165, 1.54) is 0 Å². The molecule has 0 aliphatic carbocycles. The molecule has 1 amide bonds. The lowest BCUT2D eigenvalue weighted by Crippen LogP contribution is -2.30. The third-order valence-corrected chi connectivity index (χ3v) is 3.24. The standard InChI is InChI=1S/C17H20N2O2.C2H2O4/c1-21-12-11-18-13-17(20)19-16-10-6-5-9-15(16)14-7-3-2-4-8-14;3-1(4)2(5)6/h2-10,18H,11-13H2,1H3,(H,19,20);(H,3,4)(H,5,6). The molecule has 0 fully saturated rings. The summed E-state index contributed by atoms with van der Waals surface area (Å²) in [6, 6.07) is 17.8. The summed E-state index contributed by atoms with van der Waals surface area (Å²) in [5.41, 5.74) is 2.92. The van der Waals surface area contributed by atoms with Gasteiger partial charge in [0.05, 0.1) is 13.2 Å². The van der Waals surface area contributed by atoms with Crippen LogP contribution in [0.15, 0.2) is 54.6 Å². The van der Waals surface area contributed by atoms with Gasteiger partial charge in [-0.1, -0.05) is 48.5 Å². The van der Waals surface area contributed by atoms with E-state index >= 15 is 0 Å². The van der Waals surface area contributed by atoms with Crippen molar-refractivity contribution in [1.29, 1.82) is 0 Å². The van der Waals surface area contributed by atoms with Gasteiger partial charge in [-0.3, -0.25) is 4.79 Å². The molecule has 0 unspecified atom stereocenters. The Kier molecular flexibility index (Phi) is 9.84. The number of hydrogen-bond acceptors (Lipinski definition) is 5. The molecule has 2 rings (SSSR count). The second kappa shape index (κ2) is 12.2. The van der Waals surface area contributed by atoms with Crippen LogP contribution in [0, 0.1) is 0 Å². The molecule has 4 N–H and O–H groups in total. The van der Waals surface area contributed by atoms with Crippen LogP contribution in [-0.4, -0.2) is 54.9 Å². The Balaban J connectivity index is 0.000000527. The number of carboxylic acids is 2. The van der Waals surface area contributed by atoms with Crippen molar-refractivity contribution in [2.75, 3.05) is 32.1 Å². The number of ether oxygens (including phenoxy) is 1. The smallest absolute Gasteiger partial charge is 0.414 e. The van der Waals surface area contributed by atoms with Crippen molar-refractivity contribution in [2.45, 2.75) is 0 Å². The highest BCUT2D eigenvalue weighted by Crippen LogP contribution is 2.27. The van der Waals surface area contributed by atoms with Gasteiger partial charge in [-0.05, 0) is 11.6 Å². The first-order chi connectivity index (χ1) is 13.0. The van der Waals surface area contributed by atoms with Gasteiger partial charge in [0.2, 0.25) is 5.91 Å². The van der Waals surface area contributed by atoms with E-state index in [1.54, 1.807) is 7.11 Å². The Bertz CT molecular complexity index is 737. The molecule has 27 heavy (non-hydrogen) atoms. The second-order valence-corrected chi connectivity index (χ2v) is 5.24. The molecule has 0 saturated carbocycles. The fourth-order valence-corrected chi connectivity index (χ4v) is 2.03. The highest BCUT2D eigenvalue weighted by molar-refractivity contribution is 6.27. The first-order valence-corrected chi connectivity index (χ1v) is 8.06. The number of anilines is 1. The molecule has 0 saturated heterocycles. The SMILES string of the molecule is COCCNCC(=O)Nc1ccccc1-c1ccccc1.O=C(O)C(=O)O. The van der Waals surface area contributed by atoms with E-state index in [9.17, 15) is 4.79 Å². The van der Waals surface area contributed by atoms with Crippen LogP contribution in [-0.2, 0) is 19.1 Å². The van der Waals surface area contributed by atoms with Gasteiger partial charge in [0.15, 0.2) is 0 Å². The van der Waals surface area contributed by atoms with Crippen molar-refractivity contribution >= 4 is 23.5 Å². The fourth-order valence-electron chi connectivity index (χ4n) is 2.03. The molecule has 2 aromatic carbocycles. The summed E-state index contributed by atoms with van der Waals surface area (Å²) >= 11 is 0. The van der Waals surface area contributed by atoms with Crippen molar-refractivity contribution in [1.82, 2.24) is 5.32 Å². The molecule has 0 radical (unpaired) electrons. The van der Waals surface area contributed by atoms with Gasteiger partial charge in [-0.2, -0.15) is 0 Å². The maximum atomic E-state index is 11.9. The number of carbonyl (C=O) groups excluding carboxylic acids is 1. The number of aliphatic carboxylic acids is 2. The Hall–Kier alpha value is -3.23. The minimum atomic E-state index is -1.82. The monoisotopic (exact) mass is 374 g/mol. The van der Waals surface area contributed by atoms with Gasteiger partial charge in [-0.25, -0.2) is 9.59 Å². The lowest BCUT2D eigenvalue weighted by Gasteiger charge is -2.11. The van der Waals surface area contributed by atoms with E-state index in [1.807, 2.05) is 54.6 Å². The van der Waals surface area contributed by atoms with Crippen LogP contribution < -0.4 is 10.6 Å². The normalized spacial score (nSPS) is 9.67. The first kappa shape index (κ1) is 21.8. The molecule has 0 atom stereocenters. The molecule has 0 aromatic heterocycles. The summed E-state index contributed by atoms with van der Waals surface area (Å²) in [6.07, 6.45) is 0. The lowest BCUT2D eigenvalue weighted by molar-refractivity contribution is -0.159. The number of carboxylic acid groups (broad SMARTS) is 2. The zero-order valence-corrected chi connectivity index (χ0v) is 14.8. The van der Waals surface area contributed by atoms with Gasteiger partial charge in [-0.15, -0.1) is 0 Å². The molecule has 0 aliphatic rings. The van der Waals surface area contributed by atoms with Crippen LogP contribution in [0.1, 0.15) is 0 Å². The molecule has 0 spiro atoms. The molecule has 8 nitrogen and oxygen atoms in total. The zero-order valence-electron chi connectivity index (χ0n) is 14.8.